The van der Waals surface area contributed by atoms with Crippen LogP contribution in [0.3, 0.4) is 0 Å². The minimum absolute atomic E-state index is 0.0664. The number of anilines is 6. The average molecular weight is 1150 g/mol. The normalized spacial score (nSPS) is 16.0. The van der Waals surface area contributed by atoms with Gasteiger partial charge in [0.15, 0.2) is 0 Å². The molecule has 0 spiro atoms. The Morgan fingerprint density at radius 2 is 0.727 bits per heavy atom. The molecule has 0 aliphatic carbocycles. The molecule has 4 heteroatoms. The minimum atomic E-state index is -1.57. The van der Waals surface area contributed by atoms with Crippen LogP contribution >= 0.6 is 0 Å². The van der Waals surface area contributed by atoms with Crippen molar-refractivity contribution in [3.63, 3.8) is 0 Å². The predicted octanol–water partition coefficient (Wildman–Crippen LogP) is 21.1. The highest BCUT2D eigenvalue weighted by atomic mass is 15.2. The lowest BCUT2D eigenvalue weighted by Crippen LogP contribution is -2.61. The molecule has 0 bridgehead atoms. The molecular weight excluding hydrogens is 1060 g/mol. The molecule has 0 atom stereocenters. The topological polar surface area (TPSA) is 11.4 Å². The summed E-state index contributed by atoms with van der Waals surface area (Å²) >= 11 is 0. The Morgan fingerprint density at radius 3 is 1.16 bits per heavy atom. The number of para-hydroxylation sites is 2. The van der Waals surface area contributed by atoms with E-state index in [0.717, 1.165) is 26.8 Å². The van der Waals surface area contributed by atoms with Crippen LogP contribution in [-0.2, 0) is 16.2 Å². The van der Waals surface area contributed by atoms with Crippen LogP contribution in [0.1, 0.15) is 105 Å². The van der Waals surface area contributed by atoms with E-state index in [1.807, 2.05) is 164 Å². The molecule has 2 aliphatic rings. The molecule has 0 N–H and O–H groups in total. The molecule has 0 amide bonds. The van der Waals surface area contributed by atoms with Crippen molar-refractivity contribution in [1.82, 2.24) is 4.57 Å². The highest BCUT2D eigenvalue weighted by molar-refractivity contribution is 7.00. The third kappa shape index (κ3) is 9.19. The number of benzene rings is 12. The Hall–Kier alpha value is -9.90. The Morgan fingerprint density at radius 1 is 0.330 bits per heavy atom. The lowest BCUT2D eigenvalue weighted by Gasteiger charge is -2.47. The van der Waals surface area contributed by atoms with Gasteiger partial charge in [-0.2, -0.15) is 0 Å². The van der Waals surface area contributed by atoms with Crippen molar-refractivity contribution in [1.29, 1.82) is 0 Å². The van der Waals surface area contributed by atoms with Gasteiger partial charge in [0.25, 0.3) is 6.71 Å². The highest BCUT2D eigenvalue weighted by Gasteiger charge is 2.46. The van der Waals surface area contributed by atoms with Crippen molar-refractivity contribution >= 4 is 79.0 Å². The lowest BCUT2D eigenvalue weighted by atomic mass is 9.33. The Bertz CT molecular complexity index is 5780. The zero-order valence-electron chi connectivity index (χ0n) is 69.4. The fourth-order valence-electron chi connectivity index (χ4n) is 12.7. The van der Waals surface area contributed by atoms with E-state index in [-0.39, 0.29) is 33.1 Å². The molecule has 15 rings (SSSR count). The fraction of sp³-hybridized carbons (Fsp3) is 0.143. The van der Waals surface area contributed by atoms with Crippen molar-refractivity contribution in [2.45, 2.75) is 78.6 Å². The summed E-state index contributed by atoms with van der Waals surface area (Å²) in [5, 5.41) is -0.652. The van der Waals surface area contributed by atoms with Crippen LogP contribution in [0.15, 0.2) is 273 Å². The van der Waals surface area contributed by atoms with Gasteiger partial charge in [0.2, 0.25) is 0 Å². The number of hydrogen-bond donors (Lipinski definition) is 0. The number of nitrogens with zero attached hydrogens (tertiary/aromatic N) is 3. The van der Waals surface area contributed by atoms with Gasteiger partial charge in [0, 0.05) is 61.5 Å². The summed E-state index contributed by atoms with van der Waals surface area (Å²) in [5.41, 5.74) is 5.51. The first-order valence-corrected chi connectivity index (χ1v) is 29.7. The van der Waals surface area contributed by atoms with Crippen molar-refractivity contribution in [3.8, 4) is 61.3 Å². The van der Waals surface area contributed by atoms with Crippen LogP contribution in [0.4, 0.5) is 34.1 Å². The Kier molecular flexibility index (Phi) is 8.94. The molecule has 12 aromatic carbocycles. The first-order chi connectivity index (χ1) is 50.5. The maximum Gasteiger partial charge on any atom is 0.252 e. The summed E-state index contributed by atoms with van der Waals surface area (Å²) in [4.78, 5) is 3.82. The Labute approximate surface area is 546 Å². The van der Waals surface area contributed by atoms with E-state index in [1.165, 1.54) is 0 Å². The van der Waals surface area contributed by atoms with Gasteiger partial charge in [0.05, 0.1) is 48.5 Å². The second-order valence-electron chi connectivity index (χ2n) is 25.9. The molecule has 1 aromatic heterocycles. The molecule has 0 radical (unpaired) electrons. The molecule has 13 aromatic rings. The van der Waals surface area contributed by atoms with Crippen LogP contribution in [-0.4, -0.2) is 11.3 Å². The smallest absolute Gasteiger partial charge is 0.252 e. The summed E-state index contributed by atoms with van der Waals surface area (Å²) in [6.07, 6.45) is 0. The summed E-state index contributed by atoms with van der Waals surface area (Å²) in [5.74, 6) is 0. The number of aromatic nitrogens is 1. The van der Waals surface area contributed by atoms with Crippen LogP contribution in [0.2, 0.25) is 0 Å². The second-order valence-corrected chi connectivity index (χ2v) is 25.9. The van der Waals surface area contributed by atoms with Crippen molar-refractivity contribution in [2.24, 2.45) is 0 Å². The highest BCUT2D eigenvalue weighted by Crippen LogP contribution is 2.55. The van der Waals surface area contributed by atoms with Crippen molar-refractivity contribution < 1.29 is 26.0 Å². The van der Waals surface area contributed by atoms with Crippen molar-refractivity contribution in [3.05, 3.63) is 289 Å². The molecule has 0 saturated heterocycles. The zero-order valence-corrected chi connectivity index (χ0v) is 50.4. The molecule has 426 valence electrons. The van der Waals surface area contributed by atoms with Gasteiger partial charge in [-0.3, -0.25) is 0 Å². The lowest BCUT2D eigenvalue weighted by molar-refractivity contribution is 0.590. The average Bonchev–Trinajstić information content (AvgIpc) is 1.37. The van der Waals surface area contributed by atoms with E-state index < -0.39 is 166 Å². The fourth-order valence-corrected chi connectivity index (χ4v) is 12.7. The monoisotopic (exact) mass is 1150 g/mol. The summed E-state index contributed by atoms with van der Waals surface area (Å²) in [6.45, 7) is 17.2. The van der Waals surface area contributed by atoms with E-state index in [2.05, 4.69) is 65.8 Å². The zero-order chi connectivity index (χ0) is 76.8. The van der Waals surface area contributed by atoms with E-state index >= 15 is 0 Å². The van der Waals surface area contributed by atoms with E-state index in [4.69, 9.17) is 6.85 Å². The van der Waals surface area contributed by atoms with Crippen LogP contribution in [0.5, 0.6) is 0 Å². The number of rotatable bonds is 8. The van der Waals surface area contributed by atoms with Gasteiger partial charge in [-0.25, -0.2) is 0 Å². The van der Waals surface area contributed by atoms with Gasteiger partial charge < -0.3 is 14.4 Å². The third-order valence-corrected chi connectivity index (χ3v) is 17.2. The van der Waals surface area contributed by atoms with Gasteiger partial charge in [-0.05, 0) is 149 Å². The van der Waals surface area contributed by atoms with Gasteiger partial charge in [0.1, 0.15) is 0 Å². The predicted molar refractivity (Wildman–Crippen MR) is 378 cm³/mol. The van der Waals surface area contributed by atoms with Crippen LogP contribution in [0, 0.1) is 0 Å². The third-order valence-electron chi connectivity index (χ3n) is 17.2. The number of hydrogen-bond acceptors (Lipinski definition) is 2. The van der Waals surface area contributed by atoms with E-state index in [1.54, 1.807) is 0 Å². The molecule has 3 heterocycles. The summed E-state index contributed by atoms with van der Waals surface area (Å²) in [6, 6.07) is 38.2. The molecule has 0 saturated carbocycles. The van der Waals surface area contributed by atoms with Crippen LogP contribution < -0.4 is 26.2 Å². The second kappa shape index (κ2) is 20.9. The number of fused-ring (bicyclic) bond motifs is 7. The van der Waals surface area contributed by atoms with E-state index in [0.29, 0.717) is 67.2 Å². The first-order valence-electron chi connectivity index (χ1n) is 39.2. The first kappa shape index (κ1) is 37.6. The molecule has 2 aliphatic heterocycles. The molecule has 3 nitrogen and oxygen atoms in total. The minimum Gasteiger partial charge on any atom is -0.310 e. The molecule has 88 heavy (non-hydrogen) atoms. The molecular formula is C84H72BN3. The maximum atomic E-state index is 11.6. The van der Waals surface area contributed by atoms with Gasteiger partial charge in [-0.1, -0.05) is 268 Å². The standard InChI is InChI=1S/C84H72BN3/c1-82(2,3)61-48-67(56-31-17-11-18-32-56)80(68(49-61)57-33-19-12-20-34-57)87-75-46-43-60(55-29-15-10-16-30-55)47-72(75)85-71-45-44-64(86-73-41-27-25-39-65(73)66-40-26-28-42-74(66)86)54-76(71)88(78-53-63(84(7,8)9)52-77(87)79(78)85)81-69(58-35-21-13-22-36-58)50-62(83(4,5)6)51-70(81)59-37-23-14-24-38-59/h10-54H,1-9H3/i10D,15D,16D,25D,26D,27D,28D,29D,30D,39D,40D,41D,42D,43D,44D,45D,46D,47D,54D. The quantitative estimate of drug-likeness (QED) is 0.141. The molecule has 0 fully saturated rings. The van der Waals surface area contributed by atoms with Gasteiger partial charge >= 0.3 is 0 Å². The van der Waals surface area contributed by atoms with Crippen molar-refractivity contribution in [2.75, 3.05) is 9.80 Å². The SMILES string of the molecule is [2H]c1c([2H])c([2H])c(-c2c([2H])c([2H])c3c(c2[2H])B2c4c(cc(C(C)(C)C)cc4N(c4c(-c5ccccc5)cc(C(C)(C)C)cc4-c4ccccc4)c4c([2H])c(-n5c6c([2H])c([2H])c([2H])c([2H])c6c6c([2H])c([2H])c([2H])c([2H])c65)c([2H])c([2H])c42)N3c2c(-c3ccccc3)cc(C(C)(C)C)cc2-c2ccccc2)c([2H])c1[2H]. The van der Waals surface area contributed by atoms with E-state index in [9.17, 15) is 19.2 Å². The summed E-state index contributed by atoms with van der Waals surface area (Å²) < 4.78 is 189. The molecule has 0 unspecified atom stereocenters. The van der Waals surface area contributed by atoms with Gasteiger partial charge in [-0.15, -0.1) is 0 Å². The Balaban J connectivity index is 1.26. The summed E-state index contributed by atoms with van der Waals surface area (Å²) in [7, 11) is 0. The van der Waals surface area contributed by atoms with Crippen LogP contribution in [0.25, 0.3) is 83.1 Å². The maximum absolute atomic E-state index is 11.6. The largest absolute Gasteiger partial charge is 0.310 e.